The summed E-state index contributed by atoms with van der Waals surface area (Å²) in [7, 11) is 1.74. The smallest absolute Gasteiger partial charge is 0.0644 e. The van der Waals surface area contributed by atoms with E-state index in [1.807, 2.05) is 6.07 Å². The van der Waals surface area contributed by atoms with Crippen LogP contribution in [0.3, 0.4) is 0 Å². The first-order valence-electron chi connectivity index (χ1n) is 6.38. The Kier molecular flexibility index (Phi) is 6.76. The number of ether oxygens (including phenoxy) is 2. The molecule has 0 aliphatic carbocycles. The standard InChI is InChI=1S/C15H24O2S/c1-15(2,16-3)9-10-17-11-14(12-18)13-7-5-4-6-8-13/h4-8,14,18H,9-12H2,1-3H3. The van der Waals surface area contributed by atoms with Crippen LogP contribution in [0.4, 0.5) is 0 Å². The van der Waals surface area contributed by atoms with Crippen LogP contribution in [0.1, 0.15) is 31.7 Å². The molecule has 1 rings (SSSR count). The van der Waals surface area contributed by atoms with Gasteiger partial charge in [0.1, 0.15) is 0 Å². The highest BCUT2D eigenvalue weighted by molar-refractivity contribution is 7.80. The lowest BCUT2D eigenvalue weighted by atomic mass is 10.0. The molecule has 0 heterocycles. The van der Waals surface area contributed by atoms with Crippen LogP contribution < -0.4 is 0 Å². The van der Waals surface area contributed by atoms with Crippen LogP contribution >= 0.6 is 12.6 Å². The van der Waals surface area contributed by atoms with Crippen LogP contribution in [-0.2, 0) is 9.47 Å². The van der Waals surface area contributed by atoms with Crippen molar-refractivity contribution in [3.63, 3.8) is 0 Å². The van der Waals surface area contributed by atoms with Crippen molar-refractivity contribution >= 4 is 12.6 Å². The average Bonchev–Trinajstić information content (AvgIpc) is 2.40. The van der Waals surface area contributed by atoms with E-state index < -0.39 is 0 Å². The van der Waals surface area contributed by atoms with Crippen LogP contribution in [0.2, 0.25) is 0 Å². The highest BCUT2D eigenvalue weighted by Crippen LogP contribution is 2.18. The molecule has 0 radical (unpaired) electrons. The largest absolute Gasteiger partial charge is 0.381 e. The second-order valence-corrected chi connectivity index (χ2v) is 5.44. The third kappa shape index (κ3) is 5.42. The average molecular weight is 268 g/mol. The summed E-state index contributed by atoms with van der Waals surface area (Å²) >= 11 is 4.40. The summed E-state index contributed by atoms with van der Waals surface area (Å²) < 4.78 is 11.1. The van der Waals surface area contributed by atoms with Gasteiger partial charge >= 0.3 is 0 Å². The van der Waals surface area contributed by atoms with Gasteiger partial charge in [0, 0.05) is 19.6 Å². The summed E-state index contributed by atoms with van der Waals surface area (Å²) in [4.78, 5) is 0. The Morgan fingerprint density at radius 3 is 2.44 bits per heavy atom. The molecule has 0 saturated carbocycles. The summed E-state index contributed by atoms with van der Waals surface area (Å²) in [6, 6.07) is 10.4. The van der Waals surface area contributed by atoms with Crippen LogP contribution in [0.5, 0.6) is 0 Å². The van der Waals surface area contributed by atoms with E-state index >= 15 is 0 Å². The normalized spacial score (nSPS) is 13.6. The SMILES string of the molecule is COC(C)(C)CCOCC(CS)c1ccccc1. The van der Waals surface area contributed by atoms with Gasteiger partial charge in [0.25, 0.3) is 0 Å². The minimum absolute atomic E-state index is 0.108. The first-order valence-corrected chi connectivity index (χ1v) is 7.01. The molecule has 1 aromatic carbocycles. The van der Waals surface area contributed by atoms with Crippen LogP contribution in [0, 0.1) is 0 Å². The quantitative estimate of drug-likeness (QED) is 0.574. The first-order chi connectivity index (χ1) is 8.59. The van der Waals surface area contributed by atoms with Gasteiger partial charge in [-0.3, -0.25) is 0 Å². The number of thiol groups is 1. The molecule has 18 heavy (non-hydrogen) atoms. The summed E-state index contributed by atoms with van der Waals surface area (Å²) in [5.74, 6) is 1.16. The number of rotatable bonds is 8. The molecular weight excluding hydrogens is 244 g/mol. The van der Waals surface area contributed by atoms with Crippen molar-refractivity contribution in [3.8, 4) is 0 Å². The minimum atomic E-state index is -0.108. The summed E-state index contributed by atoms with van der Waals surface area (Å²) in [6.45, 7) is 5.58. The Morgan fingerprint density at radius 1 is 1.22 bits per heavy atom. The fourth-order valence-electron chi connectivity index (χ4n) is 1.63. The van der Waals surface area contributed by atoms with E-state index in [0.717, 1.165) is 18.8 Å². The van der Waals surface area contributed by atoms with Crippen LogP contribution in [0.15, 0.2) is 30.3 Å². The maximum absolute atomic E-state index is 5.75. The second kappa shape index (κ2) is 7.82. The highest BCUT2D eigenvalue weighted by Gasteiger charge is 2.16. The zero-order chi connectivity index (χ0) is 13.4. The summed E-state index contributed by atoms with van der Waals surface area (Å²) in [5.41, 5.74) is 1.18. The fourth-order valence-corrected chi connectivity index (χ4v) is 1.94. The number of hydrogen-bond acceptors (Lipinski definition) is 3. The van der Waals surface area contributed by atoms with E-state index in [0.29, 0.717) is 12.5 Å². The van der Waals surface area contributed by atoms with Gasteiger partial charge in [0.15, 0.2) is 0 Å². The predicted octanol–water partition coefficient (Wildman–Crippen LogP) is 3.53. The molecule has 3 heteroatoms. The Balaban J connectivity index is 2.33. The van der Waals surface area contributed by atoms with Crippen molar-refractivity contribution in [2.45, 2.75) is 31.8 Å². The molecule has 1 atom stereocenters. The Bertz CT molecular complexity index is 325. The van der Waals surface area contributed by atoms with Crippen molar-refractivity contribution in [1.29, 1.82) is 0 Å². The zero-order valence-corrected chi connectivity index (χ0v) is 12.5. The highest BCUT2D eigenvalue weighted by atomic mass is 32.1. The van der Waals surface area contributed by atoms with Gasteiger partial charge in [-0.1, -0.05) is 30.3 Å². The topological polar surface area (TPSA) is 18.5 Å². The molecular formula is C15H24O2S. The van der Waals surface area contributed by atoms with E-state index in [1.165, 1.54) is 5.56 Å². The molecule has 0 saturated heterocycles. The first kappa shape index (κ1) is 15.5. The van der Waals surface area contributed by atoms with E-state index in [1.54, 1.807) is 7.11 Å². The minimum Gasteiger partial charge on any atom is -0.381 e. The van der Waals surface area contributed by atoms with Crippen molar-refractivity contribution in [2.75, 3.05) is 26.1 Å². The van der Waals surface area contributed by atoms with Crippen LogP contribution in [-0.4, -0.2) is 31.7 Å². The predicted molar refractivity (Wildman–Crippen MR) is 79.6 cm³/mol. The third-order valence-corrected chi connectivity index (χ3v) is 3.65. The van der Waals surface area contributed by atoms with Gasteiger partial charge in [-0.25, -0.2) is 0 Å². The lowest BCUT2D eigenvalue weighted by Crippen LogP contribution is -2.25. The van der Waals surface area contributed by atoms with E-state index in [4.69, 9.17) is 9.47 Å². The second-order valence-electron chi connectivity index (χ2n) is 5.08. The zero-order valence-electron chi connectivity index (χ0n) is 11.6. The van der Waals surface area contributed by atoms with Crippen molar-refractivity contribution in [3.05, 3.63) is 35.9 Å². The van der Waals surface area contributed by atoms with Crippen LogP contribution in [0.25, 0.3) is 0 Å². The molecule has 0 spiro atoms. The molecule has 0 bridgehead atoms. The summed E-state index contributed by atoms with van der Waals surface area (Å²) in [6.07, 6.45) is 0.900. The monoisotopic (exact) mass is 268 g/mol. The van der Waals surface area contributed by atoms with Gasteiger partial charge < -0.3 is 9.47 Å². The molecule has 0 aliphatic rings. The molecule has 1 unspecified atom stereocenters. The molecule has 0 aliphatic heterocycles. The van der Waals surface area contributed by atoms with Gasteiger partial charge in [-0.2, -0.15) is 12.6 Å². The fraction of sp³-hybridized carbons (Fsp3) is 0.600. The number of hydrogen-bond donors (Lipinski definition) is 1. The molecule has 0 fully saturated rings. The maximum Gasteiger partial charge on any atom is 0.0644 e. The number of methoxy groups -OCH3 is 1. The van der Waals surface area contributed by atoms with E-state index in [-0.39, 0.29) is 5.60 Å². The van der Waals surface area contributed by atoms with Crippen molar-refractivity contribution < 1.29 is 9.47 Å². The van der Waals surface area contributed by atoms with Gasteiger partial charge in [0.05, 0.1) is 12.2 Å². The van der Waals surface area contributed by atoms with Gasteiger partial charge in [0.2, 0.25) is 0 Å². The Labute approximate surface area is 116 Å². The maximum atomic E-state index is 5.75. The van der Waals surface area contributed by atoms with Gasteiger partial charge in [-0.05, 0) is 31.6 Å². The number of benzene rings is 1. The van der Waals surface area contributed by atoms with E-state index in [2.05, 4.69) is 50.7 Å². The Morgan fingerprint density at radius 2 is 1.89 bits per heavy atom. The molecule has 0 amide bonds. The molecule has 2 nitrogen and oxygen atoms in total. The lowest BCUT2D eigenvalue weighted by molar-refractivity contribution is -0.0109. The van der Waals surface area contributed by atoms with Gasteiger partial charge in [-0.15, -0.1) is 0 Å². The van der Waals surface area contributed by atoms with Crippen molar-refractivity contribution in [1.82, 2.24) is 0 Å². The van der Waals surface area contributed by atoms with E-state index in [9.17, 15) is 0 Å². The third-order valence-electron chi connectivity index (χ3n) is 3.21. The molecule has 0 aromatic heterocycles. The summed E-state index contributed by atoms with van der Waals surface area (Å²) in [5, 5.41) is 0. The van der Waals surface area contributed by atoms with Crippen molar-refractivity contribution in [2.24, 2.45) is 0 Å². The Hall–Kier alpha value is -0.510. The lowest BCUT2D eigenvalue weighted by Gasteiger charge is -2.23. The molecule has 102 valence electrons. The molecule has 0 N–H and O–H groups in total. The molecule has 1 aromatic rings.